The molecule has 0 aromatic heterocycles. The minimum absolute atomic E-state index is 0.144. The van der Waals surface area contributed by atoms with Crippen molar-refractivity contribution in [2.75, 3.05) is 18.5 Å². The van der Waals surface area contributed by atoms with Crippen LogP contribution in [-0.2, 0) is 24.6 Å². The third-order valence-electron chi connectivity index (χ3n) is 2.34. The average molecular weight is 285 g/mol. The Morgan fingerprint density at radius 3 is 2.32 bits per heavy atom. The molecule has 5 nitrogen and oxygen atoms in total. The van der Waals surface area contributed by atoms with Gasteiger partial charge in [0.05, 0.1) is 19.4 Å². The highest BCUT2D eigenvalue weighted by atomic mass is 31.2. The van der Waals surface area contributed by atoms with Crippen molar-refractivity contribution in [3.05, 3.63) is 29.8 Å². The van der Waals surface area contributed by atoms with Crippen molar-refractivity contribution in [3.63, 3.8) is 0 Å². The number of nitrogens with one attached hydrogen (secondary N) is 1. The Morgan fingerprint density at radius 2 is 1.79 bits per heavy atom. The van der Waals surface area contributed by atoms with Crippen LogP contribution in [0, 0.1) is 0 Å². The van der Waals surface area contributed by atoms with E-state index in [-0.39, 0.29) is 12.1 Å². The van der Waals surface area contributed by atoms with Crippen LogP contribution in [0.15, 0.2) is 24.3 Å². The van der Waals surface area contributed by atoms with Gasteiger partial charge in [-0.05, 0) is 25.5 Å². The van der Waals surface area contributed by atoms with Crippen molar-refractivity contribution in [2.24, 2.45) is 0 Å². The van der Waals surface area contributed by atoms with E-state index in [1.165, 1.54) is 6.92 Å². The quantitative estimate of drug-likeness (QED) is 0.780. The fourth-order valence-corrected chi connectivity index (χ4v) is 3.44. The molecule has 0 saturated carbocycles. The normalized spacial score (nSPS) is 11.3. The van der Waals surface area contributed by atoms with Crippen molar-refractivity contribution in [2.45, 2.75) is 26.9 Å². The van der Waals surface area contributed by atoms with E-state index in [9.17, 15) is 9.36 Å². The second kappa shape index (κ2) is 7.43. The lowest BCUT2D eigenvalue weighted by molar-refractivity contribution is -0.114. The van der Waals surface area contributed by atoms with Gasteiger partial charge in [-0.1, -0.05) is 18.2 Å². The van der Waals surface area contributed by atoms with E-state index in [1.54, 1.807) is 32.0 Å². The fraction of sp³-hybridized carbons (Fsp3) is 0.462. The molecule has 0 spiro atoms. The molecule has 0 aliphatic rings. The van der Waals surface area contributed by atoms with Crippen LogP contribution in [0.1, 0.15) is 26.3 Å². The summed E-state index contributed by atoms with van der Waals surface area (Å²) in [4.78, 5) is 11.1. The first-order valence-electron chi connectivity index (χ1n) is 6.24. The second-order valence-electron chi connectivity index (χ2n) is 3.94. The molecule has 1 N–H and O–H groups in total. The third kappa shape index (κ3) is 5.15. The molecule has 106 valence electrons. The zero-order valence-corrected chi connectivity index (χ0v) is 12.4. The number of rotatable bonds is 7. The second-order valence-corrected chi connectivity index (χ2v) is 6.00. The highest BCUT2D eigenvalue weighted by Gasteiger charge is 2.25. The maximum atomic E-state index is 12.5. The van der Waals surface area contributed by atoms with Crippen LogP contribution in [0.25, 0.3) is 0 Å². The molecule has 1 rings (SSSR count). The fourth-order valence-electron chi connectivity index (χ4n) is 1.70. The molecule has 0 atom stereocenters. The number of hydrogen-bond acceptors (Lipinski definition) is 4. The molecular weight excluding hydrogens is 265 g/mol. The molecule has 0 heterocycles. The van der Waals surface area contributed by atoms with E-state index in [0.717, 1.165) is 5.56 Å². The van der Waals surface area contributed by atoms with Crippen molar-refractivity contribution in [3.8, 4) is 0 Å². The van der Waals surface area contributed by atoms with E-state index < -0.39 is 7.60 Å². The van der Waals surface area contributed by atoms with Crippen LogP contribution >= 0.6 is 7.60 Å². The van der Waals surface area contributed by atoms with Crippen LogP contribution in [-0.4, -0.2) is 19.1 Å². The third-order valence-corrected chi connectivity index (χ3v) is 4.37. The van der Waals surface area contributed by atoms with Crippen molar-refractivity contribution < 1.29 is 18.4 Å². The van der Waals surface area contributed by atoms with Gasteiger partial charge in [0, 0.05) is 12.6 Å². The van der Waals surface area contributed by atoms with Gasteiger partial charge in [-0.25, -0.2) is 0 Å². The predicted molar refractivity (Wildman–Crippen MR) is 75.3 cm³/mol. The van der Waals surface area contributed by atoms with Crippen molar-refractivity contribution >= 4 is 19.2 Å². The molecule has 1 aromatic rings. The first-order chi connectivity index (χ1) is 9.00. The summed E-state index contributed by atoms with van der Waals surface area (Å²) in [6.45, 7) is 5.61. The Kier molecular flexibility index (Phi) is 6.22. The number of benzene rings is 1. The maximum Gasteiger partial charge on any atom is 0.335 e. The number of anilines is 1. The Balaban J connectivity index is 2.96. The molecule has 6 heteroatoms. The van der Waals surface area contributed by atoms with E-state index in [4.69, 9.17) is 9.05 Å². The smallest absolute Gasteiger partial charge is 0.326 e. The van der Waals surface area contributed by atoms with Gasteiger partial charge in [-0.2, -0.15) is 0 Å². The lowest BCUT2D eigenvalue weighted by Crippen LogP contribution is -2.09. The minimum atomic E-state index is -3.16. The van der Waals surface area contributed by atoms with Crippen LogP contribution < -0.4 is 5.32 Å². The van der Waals surface area contributed by atoms with Crippen LogP contribution in [0.3, 0.4) is 0 Å². The summed E-state index contributed by atoms with van der Waals surface area (Å²) in [6.07, 6.45) is 0.144. The molecule has 0 aliphatic heterocycles. The van der Waals surface area contributed by atoms with Gasteiger partial charge in [-0.3, -0.25) is 9.36 Å². The van der Waals surface area contributed by atoms with E-state index in [1.807, 2.05) is 6.07 Å². The van der Waals surface area contributed by atoms with Crippen molar-refractivity contribution in [1.29, 1.82) is 0 Å². The maximum absolute atomic E-state index is 12.5. The lowest BCUT2D eigenvalue weighted by Gasteiger charge is -2.18. The van der Waals surface area contributed by atoms with E-state index in [0.29, 0.717) is 18.9 Å². The number of para-hydroxylation sites is 1. The largest absolute Gasteiger partial charge is 0.335 e. The Hall–Kier alpha value is -1.16. The van der Waals surface area contributed by atoms with Crippen LogP contribution in [0.4, 0.5) is 5.69 Å². The topological polar surface area (TPSA) is 64.6 Å². The summed E-state index contributed by atoms with van der Waals surface area (Å²) >= 11 is 0. The van der Waals surface area contributed by atoms with Gasteiger partial charge in [0.15, 0.2) is 0 Å². The Morgan fingerprint density at radius 1 is 1.21 bits per heavy atom. The first-order valence-corrected chi connectivity index (χ1v) is 7.97. The van der Waals surface area contributed by atoms with Gasteiger partial charge in [0.1, 0.15) is 0 Å². The molecule has 19 heavy (non-hydrogen) atoms. The average Bonchev–Trinajstić information content (AvgIpc) is 2.31. The first kappa shape index (κ1) is 15.9. The highest BCUT2D eigenvalue weighted by Crippen LogP contribution is 2.52. The van der Waals surface area contributed by atoms with Gasteiger partial charge in [0.2, 0.25) is 5.91 Å². The van der Waals surface area contributed by atoms with E-state index in [2.05, 4.69) is 5.32 Å². The summed E-state index contributed by atoms with van der Waals surface area (Å²) in [6, 6.07) is 7.19. The Labute approximate surface area is 113 Å². The van der Waals surface area contributed by atoms with Crippen molar-refractivity contribution in [1.82, 2.24) is 0 Å². The zero-order valence-electron chi connectivity index (χ0n) is 11.5. The minimum Gasteiger partial charge on any atom is -0.326 e. The number of hydrogen-bond donors (Lipinski definition) is 1. The van der Waals surface area contributed by atoms with Gasteiger partial charge >= 0.3 is 7.60 Å². The van der Waals surface area contributed by atoms with Gasteiger partial charge < -0.3 is 14.4 Å². The molecule has 0 aliphatic carbocycles. The number of carbonyl (C=O) groups excluding carboxylic acids is 1. The molecule has 0 fully saturated rings. The molecule has 0 radical (unpaired) electrons. The Bertz CT molecular complexity index is 465. The number of amides is 1. The summed E-state index contributed by atoms with van der Waals surface area (Å²) in [5.74, 6) is -0.171. The van der Waals surface area contributed by atoms with Crippen LogP contribution in [0.2, 0.25) is 0 Å². The SMILES string of the molecule is CCOP(=O)(Cc1ccccc1NC(C)=O)OCC. The highest BCUT2D eigenvalue weighted by molar-refractivity contribution is 7.53. The summed E-state index contributed by atoms with van der Waals surface area (Å²) in [7, 11) is -3.16. The molecule has 1 aromatic carbocycles. The molecular formula is C13H20NO4P. The van der Waals surface area contributed by atoms with Crippen LogP contribution in [0.5, 0.6) is 0 Å². The van der Waals surface area contributed by atoms with E-state index >= 15 is 0 Å². The monoisotopic (exact) mass is 285 g/mol. The predicted octanol–water partition coefficient (Wildman–Crippen LogP) is 3.41. The zero-order chi connectivity index (χ0) is 14.3. The summed E-state index contributed by atoms with van der Waals surface area (Å²) < 4.78 is 23.0. The molecule has 0 saturated heterocycles. The number of carbonyl (C=O) groups is 1. The van der Waals surface area contributed by atoms with Gasteiger partial charge in [-0.15, -0.1) is 0 Å². The standard InChI is InChI=1S/C13H20NO4P/c1-4-17-19(16,18-5-2)10-12-8-6-7-9-13(12)14-11(3)15/h6-9H,4-5,10H2,1-3H3,(H,14,15). The molecule has 0 unspecified atom stereocenters. The lowest BCUT2D eigenvalue weighted by atomic mass is 10.2. The summed E-state index contributed by atoms with van der Waals surface area (Å²) in [5.41, 5.74) is 1.37. The van der Waals surface area contributed by atoms with Gasteiger partial charge in [0.25, 0.3) is 0 Å². The molecule has 0 bridgehead atoms. The molecule has 1 amide bonds. The summed E-state index contributed by atoms with van der Waals surface area (Å²) in [5, 5.41) is 2.71.